The molecule has 4 heterocycles. The fourth-order valence-corrected chi connectivity index (χ4v) is 3.80. The first-order valence-electron chi connectivity index (χ1n) is 8.10. The molecule has 1 unspecified atom stereocenters. The number of fused-ring (bicyclic) bond motifs is 1. The van der Waals surface area contributed by atoms with E-state index in [1.165, 1.54) is 0 Å². The van der Waals surface area contributed by atoms with Gasteiger partial charge in [0, 0.05) is 31.3 Å². The number of piperidine rings is 1. The van der Waals surface area contributed by atoms with Crippen molar-refractivity contribution in [2.45, 2.75) is 18.8 Å². The second kappa shape index (κ2) is 6.57. The number of carbonyl (C=O) groups is 1. The van der Waals surface area contributed by atoms with E-state index < -0.39 is 0 Å². The van der Waals surface area contributed by atoms with Crippen LogP contribution in [0.15, 0.2) is 47.3 Å². The summed E-state index contributed by atoms with van der Waals surface area (Å²) in [5.74, 6) is 1.25. The van der Waals surface area contributed by atoms with Gasteiger partial charge in [-0.15, -0.1) is 10.2 Å². The third-order valence-electron chi connectivity index (χ3n) is 4.40. The van der Waals surface area contributed by atoms with Crippen molar-refractivity contribution in [2.24, 2.45) is 0 Å². The summed E-state index contributed by atoms with van der Waals surface area (Å²) >= 11 is 1.63. The molecule has 1 aliphatic heterocycles. The number of rotatable bonds is 3. The molecule has 5 nitrogen and oxygen atoms in total. The van der Waals surface area contributed by atoms with E-state index in [9.17, 15) is 4.79 Å². The molecule has 1 fully saturated rings. The first-order valence-corrected chi connectivity index (χ1v) is 9.04. The molecule has 0 N–H and O–H groups in total. The van der Waals surface area contributed by atoms with Crippen molar-refractivity contribution in [3.8, 4) is 0 Å². The second-order valence-corrected chi connectivity index (χ2v) is 6.78. The van der Waals surface area contributed by atoms with Crippen LogP contribution in [0.2, 0.25) is 0 Å². The number of carbonyl (C=O) groups excluding carboxylic acids is 1. The Morgan fingerprint density at radius 1 is 1.29 bits per heavy atom. The lowest BCUT2D eigenvalue weighted by atomic mass is 9.97. The molecule has 1 saturated heterocycles. The Balaban J connectivity index is 1.50. The van der Waals surface area contributed by atoms with Crippen molar-refractivity contribution in [2.75, 3.05) is 13.1 Å². The van der Waals surface area contributed by atoms with Gasteiger partial charge in [-0.05, 0) is 53.4 Å². The van der Waals surface area contributed by atoms with Crippen LogP contribution >= 0.6 is 11.3 Å². The van der Waals surface area contributed by atoms with Crippen LogP contribution in [0, 0.1) is 0 Å². The van der Waals surface area contributed by atoms with E-state index in [1.54, 1.807) is 17.4 Å². The van der Waals surface area contributed by atoms with Gasteiger partial charge in [-0.25, -0.2) is 0 Å². The summed E-state index contributed by atoms with van der Waals surface area (Å²) in [5, 5.41) is 12.6. The number of thiophene rings is 1. The number of hydrogen-bond donors (Lipinski definition) is 0. The van der Waals surface area contributed by atoms with Crippen LogP contribution < -0.4 is 0 Å². The maximum atomic E-state index is 12.5. The van der Waals surface area contributed by atoms with Gasteiger partial charge < -0.3 is 4.90 Å². The molecule has 3 aromatic rings. The number of hydrogen-bond acceptors (Lipinski definition) is 4. The zero-order valence-electron chi connectivity index (χ0n) is 13.2. The lowest BCUT2D eigenvalue weighted by molar-refractivity contribution is -0.127. The Hall–Kier alpha value is -2.47. The average Bonchev–Trinajstić information content (AvgIpc) is 3.29. The maximum absolute atomic E-state index is 12.5. The second-order valence-electron chi connectivity index (χ2n) is 6.00. The van der Waals surface area contributed by atoms with Gasteiger partial charge >= 0.3 is 0 Å². The van der Waals surface area contributed by atoms with E-state index in [2.05, 4.69) is 10.2 Å². The number of aromatic nitrogens is 3. The summed E-state index contributed by atoms with van der Waals surface area (Å²) in [6.45, 7) is 1.50. The Labute approximate surface area is 144 Å². The summed E-state index contributed by atoms with van der Waals surface area (Å²) in [6.07, 6.45) is 7.57. The largest absolute Gasteiger partial charge is 0.338 e. The zero-order chi connectivity index (χ0) is 16.4. The molecular weight excluding hydrogens is 320 g/mol. The van der Waals surface area contributed by atoms with Crippen LogP contribution in [-0.4, -0.2) is 38.5 Å². The van der Waals surface area contributed by atoms with Crippen LogP contribution in [0.25, 0.3) is 11.7 Å². The van der Waals surface area contributed by atoms with E-state index in [-0.39, 0.29) is 11.8 Å². The van der Waals surface area contributed by atoms with Crippen molar-refractivity contribution in [1.29, 1.82) is 0 Å². The highest BCUT2D eigenvalue weighted by Gasteiger charge is 2.26. The van der Waals surface area contributed by atoms with Crippen molar-refractivity contribution >= 4 is 29.0 Å². The third kappa shape index (κ3) is 2.97. The van der Waals surface area contributed by atoms with Gasteiger partial charge in [0.25, 0.3) is 0 Å². The van der Waals surface area contributed by atoms with E-state index >= 15 is 0 Å². The molecule has 0 aliphatic carbocycles. The van der Waals surface area contributed by atoms with Gasteiger partial charge in [0.15, 0.2) is 5.65 Å². The van der Waals surface area contributed by atoms with Crippen LogP contribution in [0.4, 0.5) is 0 Å². The Morgan fingerprint density at radius 3 is 3.12 bits per heavy atom. The smallest absolute Gasteiger partial charge is 0.246 e. The summed E-state index contributed by atoms with van der Waals surface area (Å²) in [5.41, 5.74) is 1.93. The van der Waals surface area contributed by atoms with Crippen LogP contribution in [-0.2, 0) is 4.79 Å². The van der Waals surface area contributed by atoms with Gasteiger partial charge in [-0.2, -0.15) is 11.3 Å². The molecule has 0 spiro atoms. The minimum absolute atomic E-state index is 0.0692. The van der Waals surface area contributed by atoms with E-state index in [1.807, 2.05) is 56.6 Å². The molecular formula is C18H18N4OS. The topological polar surface area (TPSA) is 50.5 Å². The number of pyridine rings is 1. The van der Waals surface area contributed by atoms with Gasteiger partial charge in [-0.3, -0.25) is 9.20 Å². The molecule has 4 rings (SSSR count). The molecule has 1 atom stereocenters. The highest BCUT2D eigenvalue weighted by Crippen LogP contribution is 2.26. The molecule has 24 heavy (non-hydrogen) atoms. The highest BCUT2D eigenvalue weighted by molar-refractivity contribution is 7.08. The van der Waals surface area contributed by atoms with Crippen molar-refractivity contribution in [1.82, 2.24) is 19.5 Å². The first kappa shape index (κ1) is 15.1. The minimum Gasteiger partial charge on any atom is -0.338 e. The summed E-state index contributed by atoms with van der Waals surface area (Å²) in [6, 6.07) is 7.90. The number of amides is 1. The predicted octanol–water partition coefficient (Wildman–Crippen LogP) is 3.21. The zero-order valence-corrected chi connectivity index (χ0v) is 14.0. The van der Waals surface area contributed by atoms with Gasteiger partial charge in [-0.1, -0.05) is 6.07 Å². The van der Waals surface area contributed by atoms with Gasteiger partial charge in [0.1, 0.15) is 5.82 Å². The van der Waals surface area contributed by atoms with Crippen molar-refractivity contribution in [3.05, 3.63) is 58.7 Å². The van der Waals surface area contributed by atoms with Crippen molar-refractivity contribution in [3.63, 3.8) is 0 Å². The SMILES string of the molecule is O=C(C=Cc1ccsc1)N1CCCC(c2nnc3ccccn23)C1. The van der Waals surface area contributed by atoms with Gasteiger partial charge in [0.2, 0.25) is 5.91 Å². The lowest BCUT2D eigenvalue weighted by Gasteiger charge is -2.31. The fourth-order valence-electron chi connectivity index (χ4n) is 3.17. The molecule has 0 radical (unpaired) electrons. The first-order chi connectivity index (χ1) is 11.8. The molecule has 122 valence electrons. The predicted molar refractivity (Wildman–Crippen MR) is 94.9 cm³/mol. The number of likely N-dealkylation sites (tertiary alicyclic amines) is 1. The van der Waals surface area contributed by atoms with E-state index in [0.717, 1.165) is 36.4 Å². The quantitative estimate of drug-likeness (QED) is 0.689. The molecule has 1 amide bonds. The maximum Gasteiger partial charge on any atom is 0.246 e. The van der Waals surface area contributed by atoms with E-state index in [4.69, 9.17) is 0 Å². The number of nitrogens with zero attached hydrogens (tertiary/aromatic N) is 4. The molecule has 6 heteroatoms. The fraction of sp³-hybridized carbons (Fsp3) is 0.278. The molecule has 1 aliphatic rings. The Morgan fingerprint density at radius 2 is 2.25 bits per heavy atom. The molecule has 0 bridgehead atoms. The van der Waals surface area contributed by atoms with Crippen LogP contribution in [0.3, 0.4) is 0 Å². The van der Waals surface area contributed by atoms with Gasteiger partial charge in [0.05, 0.1) is 0 Å². The molecule has 3 aromatic heterocycles. The normalized spacial score (nSPS) is 18.5. The third-order valence-corrected chi connectivity index (χ3v) is 5.10. The average molecular weight is 338 g/mol. The molecule has 0 aromatic carbocycles. The van der Waals surface area contributed by atoms with Crippen molar-refractivity contribution < 1.29 is 4.79 Å². The Kier molecular flexibility index (Phi) is 4.13. The van der Waals surface area contributed by atoms with Crippen LogP contribution in [0.1, 0.15) is 30.1 Å². The standard InChI is InChI=1S/C18H18N4OS/c23-17(7-6-14-8-11-24-13-14)21-9-3-4-15(12-21)18-20-19-16-5-1-2-10-22(16)18/h1-2,5-8,10-11,13,15H,3-4,9,12H2. The monoisotopic (exact) mass is 338 g/mol. The molecule has 0 saturated carbocycles. The lowest BCUT2D eigenvalue weighted by Crippen LogP contribution is -2.38. The highest BCUT2D eigenvalue weighted by atomic mass is 32.1. The minimum atomic E-state index is 0.0692. The summed E-state index contributed by atoms with van der Waals surface area (Å²) in [7, 11) is 0. The van der Waals surface area contributed by atoms with E-state index in [0.29, 0.717) is 6.54 Å². The summed E-state index contributed by atoms with van der Waals surface area (Å²) < 4.78 is 2.03. The summed E-state index contributed by atoms with van der Waals surface area (Å²) in [4.78, 5) is 14.4. The Bertz CT molecular complexity index is 868. The van der Waals surface area contributed by atoms with Crippen LogP contribution in [0.5, 0.6) is 0 Å².